The van der Waals surface area contributed by atoms with Crippen molar-refractivity contribution in [3.63, 3.8) is 0 Å². The molecule has 1 unspecified atom stereocenters. The van der Waals surface area contributed by atoms with Crippen LogP contribution in [0.3, 0.4) is 0 Å². The predicted molar refractivity (Wildman–Crippen MR) is 74.1 cm³/mol. The summed E-state index contributed by atoms with van der Waals surface area (Å²) >= 11 is 6.06. The molecule has 0 bridgehead atoms. The first-order valence-electron chi connectivity index (χ1n) is 6.26. The van der Waals surface area contributed by atoms with Gasteiger partial charge in [0.25, 0.3) is 5.91 Å². The first-order chi connectivity index (χ1) is 9.11. The SMILES string of the molecule is COCC(Cl)CN(C)C(=O)c1ccc2c(c1)CCO2. The molecule has 1 amide bonds. The monoisotopic (exact) mass is 283 g/mol. The lowest BCUT2D eigenvalue weighted by Crippen LogP contribution is -2.33. The van der Waals surface area contributed by atoms with Crippen molar-refractivity contribution >= 4 is 17.5 Å². The second-order valence-corrected chi connectivity index (χ2v) is 5.28. The van der Waals surface area contributed by atoms with Gasteiger partial charge in [0, 0.05) is 32.7 Å². The number of nitrogens with zero attached hydrogens (tertiary/aromatic N) is 1. The number of carbonyl (C=O) groups is 1. The van der Waals surface area contributed by atoms with Crippen molar-refractivity contribution in [3.8, 4) is 5.75 Å². The molecule has 0 saturated heterocycles. The Bertz CT molecular complexity index is 464. The van der Waals surface area contributed by atoms with Gasteiger partial charge in [-0.3, -0.25) is 4.79 Å². The van der Waals surface area contributed by atoms with E-state index in [0.717, 1.165) is 17.7 Å². The van der Waals surface area contributed by atoms with Gasteiger partial charge in [-0.05, 0) is 23.8 Å². The number of benzene rings is 1. The molecule has 0 spiro atoms. The zero-order valence-corrected chi connectivity index (χ0v) is 11.9. The average molecular weight is 284 g/mol. The number of rotatable bonds is 5. The van der Waals surface area contributed by atoms with E-state index in [2.05, 4.69) is 0 Å². The summed E-state index contributed by atoms with van der Waals surface area (Å²) in [6.07, 6.45) is 0.863. The maximum absolute atomic E-state index is 12.3. The van der Waals surface area contributed by atoms with Crippen LogP contribution in [0, 0.1) is 0 Å². The molecule has 1 aromatic rings. The molecule has 1 aromatic carbocycles. The molecule has 19 heavy (non-hydrogen) atoms. The van der Waals surface area contributed by atoms with Gasteiger partial charge in [0.15, 0.2) is 0 Å². The van der Waals surface area contributed by atoms with Gasteiger partial charge in [0.1, 0.15) is 5.75 Å². The van der Waals surface area contributed by atoms with Gasteiger partial charge in [-0.2, -0.15) is 0 Å². The summed E-state index contributed by atoms with van der Waals surface area (Å²) in [5, 5.41) is -0.197. The Labute approximate surface area is 118 Å². The minimum atomic E-state index is -0.197. The molecule has 4 nitrogen and oxygen atoms in total. The highest BCUT2D eigenvalue weighted by Gasteiger charge is 2.19. The van der Waals surface area contributed by atoms with E-state index in [0.29, 0.717) is 25.3 Å². The topological polar surface area (TPSA) is 38.8 Å². The third-order valence-electron chi connectivity index (χ3n) is 3.10. The number of carbonyl (C=O) groups excluding carboxylic acids is 1. The van der Waals surface area contributed by atoms with Crippen LogP contribution in [0.1, 0.15) is 15.9 Å². The molecule has 1 heterocycles. The summed E-state index contributed by atoms with van der Waals surface area (Å²) in [4.78, 5) is 13.9. The molecule has 0 aromatic heterocycles. The van der Waals surface area contributed by atoms with Gasteiger partial charge in [-0.15, -0.1) is 11.6 Å². The lowest BCUT2D eigenvalue weighted by Gasteiger charge is -2.20. The number of halogens is 1. The molecule has 0 aliphatic carbocycles. The molecule has 104 valence electrons. The van der Waals surface area contributed by atoms with E-state index in [1.807, 2.05) is 12.1 Å². The van der Waals surface area contributed by atoms with Crippen LogP contribution in [0.5, 0.6) is 5.75 Å². The van der Waals surface area contributed by atoms with E-state index >= 15 is 0 Å². The molecule has 1 aliphatic heterocycles. The van der Waals surface area contributed by atoms with E-state index < -0.39 is 0 Å². The Morgan fingerprint density at radius 3 is 3.11 bits per heavy atom. The van der Waals surface area contributed by atoms with Crippen LogP contribution in [-0.2, 0) is 11.2 Å². The van der Waals surface area contributed by atoms with E-state index in [4.69, 9.17) is 21.1 Å². The molecule has 5 heteroatoms. The predicted octanol–water partition coefficient (Wildman–Crippen LogP) is 1.95. The molecule has 0 saturated carbocycles. The summed E-state index contributed by atoms with van der Waals surface area (Å²) in [6, 6.07) is 5.56. The minimum absolute atomic E-state index is 0.0311. The van der Waals surface area contributed by atoms with Crippen LogP contribution in [0.15, 0.2) is 18.2 Å². The maximum Gasteiger partial charge on any atom is 0.253 e. The van der Waals surface area contributed by atoms with Gasteiger partial charge in [0.05, 0.1) is 18.6 Å². The lowest BCUT2D eigenvalue weighted by molar-refractivity contribution is 0.0781. The summed E-state index contributed by atoms with van der Waals surface area (Å²) in [7, 11) is 3.34. The fourth-order valence-electron chi connectivity index (χ4n) is 2.15. The maximum atomic E-state index is 12.3. The summed E-state index contributed by atoms with van der Waals surface area (Å²) in [5.74, 6) is 0.852. The standard InChI is InChI=1S/C14H18ClNO3/c1-16(8-12(15)9-18-2)14(17)11-3-4-13-10(7-11)5-6-19-13/h3-4,7,12H,5-6,8-9H2,1-2H3. The van der Waals surface area contributed by atoms with Gasteiger partial charge >= 0.3 is 0 Å². The average Bonchev–Trinajstić information content (AvgIpc) is 2.85. The number of fused-ring (bicyclic) bond motifs is 1. The third-order valence-corrected chi connectivity index (χ3v) is 3.37. The van der Waals surface area contributed by atoms with Crippen molar-refractivity contribution in [1.29, 1.82) is 0 Å². The van der Waals surface area contributed by atoms with E-state index in [9.17, 15) is 4.79 Å². The highest BCUT2D eigenvalue weighted by Crippen LogP contribution is 2.26. The second kappa shape index (κ2) is 6.26. The van der Waals surface area contributed by atoms with E-state index in [1.165, 1.54) is 0 Å². The van der Waals surface area contributed by atoms with Gasteiger partial charge < -0.3 is 14.4 Å². The molecule has 0 N–H and O–H groups in total. The van der Waals surface area contributed by atoms with Crippen molar-refractivity contribution < 1.29 is 14.3 Å². The smallest absolute Gasteiger partial charge is 0.253 e. The number of amides is 1. The Morgan fingerprint density at radius 1 is 1.58 bits per heavy atom. The van der Waals surface area contributed by atoms with Gasteiger partial charge in [-0.25, -0.2) is 0 Å². The summed E-state index contributed by atoms with van der Waals surface area (Å²) in [5.41, 5.74) is 1.77. The normalized spacial score (nSPS) is 14.7. The Kier molecular flexibility index (Phi) is 4.66. The minimum Gasteiger partial charge on any atom is -0.493 e. The first-order valence-corrected chi connectivity index (χ1v) is 6.69. The molecular weight excluding hydrogens is 266 g/mol. The Balaban J connectivity index is 2.02. The summed E-state index contributed by atoms with van der Waals surface area (Å²) < 4.78 is 10.4. The zero-order chi connectivity index (χ0) is 13.8. The summed E-state index contributed by atoms with van der Waals surface area (Å²) in [6.45, 7) is 1.58. The van der Waals surface area contributed by atoms with Crippen molar-refractivity contribution in [2.24, 2.45) is 0 Å². The van der Waals surface area contributed by atoms with E-state index in [-0.39, 0.29) is 11.3 Å². The Morgan fingerprint density at radius 2 is 2.37 bits per heavy atom. The molecule has 1 aliphatic rings. The van der Waals surface area contributed by atoms with Crippen LogP contribution in [0.2, 0.25) is 0 Å². The lowest BCUT2D eigenvalue weighted by atomic mass is 10.1. The van der Waals surface area contributed by atoms with Crippen LogP contribution in [0.25, 0.3) is 0 Å². The first kappa shape index (κ1) is 14.2. The van der Waals surface area contributed by atoms with Crippen LogP contribution < -0.4 is 4.74 Å². The fraction of sp³-hybridized carbons (Fsp3) is 0.500. The largest absolute Gasteiger partial charge is 0.493 e. The molecular formula is C14H18ClNO3. The quantitative estimate of drug-likeness (QED) is 0.776. The second-order valence-electron chi connectivity index (χ2n) is 4.66. The number of hydrogen-bond acceptors (Lipinski definition) is 3. The van der Waals surface area contributed by atoms with Crippen LogP contribution in [-0.4, -0.2) is 50.1 Å². The van der Waals surface area contributed by atoms with Crippen molar-refractivity contribution in [3.05, 3.63) is 29.3 Å². The molecule has 1 atom stereocenters. The number of alkyl halides is 1. The van der Waals surface area contributed by atoms with Crippen molar-refractivity contribution in [2.75, 3.05) is 33.9 Å². The highest BCUT2D eigenvalue weighted by atomic mass is 35.5. The van der Waals surface area contributed by atoms with E-state index in [1.54, 1.807) is 25.1 Å². The van der Waals surface area contributed by atoms with Crippen LogP contribution >= 0.6 is 11.6 Å². The molecule has 0 radical (unpaired) electrons. The van der Waals surface area contributed by atoms with Crippen molar-refractivity contribution in [2.45, 2.75) is 11.8 Å². The highest BCUT2D eigenvalue weighted by molar-refractivity contribution is 6.21. The molecule has 2 rings (SSSR count). The van der Waals surface area contributed by atoms with Gasteiger partial charge in [0.2, 0.25) is 0 Å². The number of ether oxygens (including phenoxy) is 2. The molecule has 0 fully saturated rings. The zero-order valence-electron chi connectivity index (χ0n) is 11.2. The fourth-order valence-corrected chi connectivity index (χ4v) is 2.49. The number of hydrogen-bond donors (Lipinski definition) is 0. The van der Waals surface area contributed by atoms with Gasteiger partial charge in [-0.1, -0.05) is 0 Å². The van der Waals surface area contributed by atoms with Crippen molar-refractivity contribution in [1.82, 2.24) is 4.90 Å². The third kappa shape index (κ3) is 3.39. The Hall–Kier alpha value is -1.26. The number of methoxy groups -OCH3 is 1. The van der Waals surface area contributed by atoms with Crippen LogP contribution in [0.4, 0.5) is 0 Å².